The molecule has 1 aromatic rings. The van der Waals surface area contributed by atoms with Crippen molar-refractivity contribution < 1.29 is 19.1 Å². The Morgan fingerprint density at radius 1 is 1.27 bits per heavy atom. The van der Waals surface area contributed by atoms with Crippen LogP contribution in [0.15, 0.2) is 24.3 Å². The maximum Gasteiger partial charge on any atom is 0.339 e. The van der Waals surface area contributed by atoms with Gasteiger partial charge in [-0.25, -0.2) is 4.79 Å². The van der Waals surface area contributed by atoms with E-state index in [4.69, 9.17) is 10.5 Å². The molecular weight excluding hydrogens is 284 g/mol. The van der Waals surface area contributed by atoms with Crippen LogP contribution in [0.4, 0.5) is 0 Å². The molecule has 2 atom stereocenters. The molecule has 2 aliphatic heterocycles. The fourth-order valence-corrected chi connectivity index (χ4v) is 3.08. The lowest BCUT2D eigenvalue weighted by molar-refractivity contribution is -0.144. The maximum absolute atomic E-state index is 12.6. The van der Waals surface area contributed by atoms with E-state index in [0.717, 1.165) is 12.0 Å². The average molecular weight is 302 g/mol. The molecule has 0 spiro atoms. The van der Waals surface area contributed by atoms with Crippen molar-refractivity contribution in [3.63, 3.8) is 0 Å². The average Bonchev–Trinajstić information content (AvgIpc) is 2.54. The summed E-state index contributed by atoms with van der Waals surface area (Å²) in [6.45, 7) is 0.877. The Kier molecular flexibility index (Phi) is 3.83. The summed E-state index contributed by atoms with van der Waals surface area (Å²) < 4.78 is 5.28. The zero-order valence-electron chi connectivity index (χ0n) is 12.2. The van der Waals surface area contributed by atoms with Crippen LogP contribution < -0.4 is 5.73 Å². The number of hydrogen-bond donors (Lipinski definition) is 1. The topological polar surface area (TPSA) is 89.7 Å². The summed E-state index contributed by atoms with van der Waals surface area (Å²) >= 11 is 0. The number of carbonyl (C=O) groups excluding carboxylic acids is 3. The van der Waals surface area contributed by atoms with Gasteiger partial charge in [0.25, 0.3) is 5.91 Å². The van der Waals surface area contributed by atoms with Gasteiger partial charge in [-0.05, 0) is 24.5 Å². The number of rotatable bonds is 2. The number of nitrogens with zero attached hydrogens (tertiary/aromatic N) is 1. The first-order valence-electron chi connectivity index (χ1n) is 7.43. The van der Waals surface area contributed by atoms with Crippen molar-refractivity contribution in [1.29, 1.82) is 0 Å². The quantitative estimate of drug-likeness (QED) is 0.805. The molecule has 1 fully saturated rings. The normalized spacial score (nSPS) is 24.4. The van der Waals surface area contributed by atoms with Gasteiger partial charge in [0.1, 0.15) is 0 Å². The van der Waals surface area contributed by atoms with E-state index in [1.807, 2.05) is 12.1 Å². The fraction of sp³-hybridized carbons (Fsp3) is 0.438. The Labute approximate surface area is 128 Å². The molecule has 0 bridgehead atoms. The smallest absolute Gasteiger partial charge is 0.339 e. The monoisotopic (exact) mass is 302 g/mol. The van der Waals surface area contributed by atoms with Crippen LogP contribution in [0.2, 0.25) is 0 Å². The first kappa shape index (κ1) is 14.6. The Hall–Kier alpha value is -2.37. The number of benzene rings is 1. The molecular formula is C16H18N2O4. The molecule has 0 radical (unpaired) electrons. The van der Waals surface area contributed by atoms with Crippen molar-refractivity contribution in [2.75, 3.05) is 13.1 Å². The molecule has 0 aromatic heterocycles. The van der Waals surface area contributed by atoms with E-state index in [1.165, 1.54) is 0 Å². The van der Waals surface area contributed by atoms with E-state index in [-0.39, 0.29) is 17.7 Å². The van der Waals surface area contributed by atoms with Crippen molar-refractivity contribution in [3.8, 4) is 0 Å². The SMILES string of the molecule is NC(=O)[C@@H]1CCCN(C(=O)[C@H]2Cc3ccccc3C(=O)O2)C1. The van der Waals surface area contributed by atoms with Crippen molar-refractivity contribution in [2.24, 2.45) is 11.7 Å². The molecule has 2 heterocycles. The molecule has 0 saturated carbocycles. The standard InChI is InChI=1S/C16H18N2O4/c17-14(19)11-5-3-7-18(9-11)15(20)13-8-10-4-1-2-6-12(10)16(21)22-13/h1-2,4,6,11,13H,3,5,7-9H2,(H2,17,19)/t11-,13-/m1/s1. The third-order valence-electron chi connectivity index (χ3n) is 4.30. The highest BCUT2D eigenvalue weighted by atomic mass is 16.5. The van der Waals surface area contributed by atoms with Gasteiger partial charge in [-0.15, -0.1) is 0 Å². The lowest BCUT2D eigenvalue weighted by Crippen LogP contribution is -2.50. The Morgan fingerprint density at radius 2 is 2.05 bits per heavy atom. The minimum Gasteiger partial charge on any atom is -0.448 e. The van der Waals surface area contributed by atoms with Crippen LogP contribution in [0.3, 0.4) is 0 Å². The lowest BCUT2D eigenvalue weighted by Gasteiger charge is -2.34. The second-order valence-corrected chi connectivity index (χ2v) is 5.78. The number of likely N-dealkylation sites (tertiary alicyclic amines) is 1. The lowest BCUT2D eigenvalue weighted by atomic mass is 9.95. The van der Waals surface area contributed by atoms with E-state index >= 15 is 0 Å². The highest BCUT2D eigenvalue weighted by Gasteiger charge is 2.36. The second kappa shape index (κ2) is 5.79. The minimum absolute atomic E-state index is 0.242. The minimum atomic E-state index is -0.811. The van der Waals surface area contributed by atoms with Crippen molar-refractivity contribution in [3.05, 3.63) is 35.4 Å². The Bertz CT molecular complexity index is 628. The number of fused-ring (bicyclic) bond motifs is 1. The van der Waals surface area contributed by atoms with Gasteiger partial charge < -0.3 is 15.4 Å². The summed E-state index contributed by atoms with van der Waals surface area (Å²) in [6, 6.07) is 7.13. The van der Waals surface area contributed by atoms with E-state index in [9.17, 15) is 14.4 Å². The zero-order valence-corrected chi connectivity index (χ0v) is 12.2. The molecule has 0 aliphatic carbocycles. The number of esters is 1. The number of amides is 2. The van der Waals surface area contributed by atoms with Crippen molar-refractivity contribution in [2.45, 2.75) is 25.4 Å². The van der Waals surface area contributed by atoms with Gasteiger partial charge in [0.05, 0.1) is 11.5 Å². The van der Waals surface area contributed by atoms with Gasteiger partial charge >= 0.3 is 5.97 Å². The largest absolute Gasteiger partial charge is 0.448 e. The van der Waals surface area contributed by atoms with Crippen molar-refractivity contribution >= 4 is 17.8 Å². The predicted molar refractivity (Wildman–Crippen MR) is 77.8 cm³/mol. The van der Waals surface area contributed by atoms with Crippen molar-refractivity contribution in [1.82, 2.24) is 4.90 Å². The first-order chi connectivity index (χ1) is 10.6. The van der Waals surface area contributed by atoms with Crippen LogP contribution in [-0.4, -0.2) is 41.9 Å². The summed E-state index contributed by atoms with van der Waals surface area (Å²) in [7, 11) is 0. The van der Waals surface area contributed by atoms with E-state index < -0.39 is 12.1 Å². The maximum atomic E-state index is 12.6. The van der Waals surface area contributed by atoms with Crippen LogP contribution in [0.5, 0.6) is 0 Å². The third-order valence-corrected chi connectivity index (χ3v) is 4.30. The van der Waals surface area contributed by atoms with Gasteiger partial charge in [0.15, 0.2) is 6.10 Å². The Morgan fingerprint density at radius 3 is 2.82 bits per heavy atom. The molecule has 6 heteroatoms. The number of primary amides is 1. The Balaban J connectivity index is 1.74. The van der Waals surface area contributed by atoms with Gasteiger partial charge in [0, 0.05) is 19.5 Å². The van der Waals surface area contributed by atoms with Crippen LogP contribution in [0.1, 0.15) is 28.8 Å². The predicted octanol–water partition coefficient (Wildman–Crippen LogP) is 0.492. The molecule has 2 aliphatic rings. The zero-order chi connectivity index (χ0) is 15.7. The summed E-state index contributed by atoms with van der Waals surface area (Å²) in [6.07, 6.45) is 0.996. The third kappa shape index (κ3) is 2.68. The fourth-order valence-electron chi connectivity index (χ4n) is 3.08. The number of piperidine rings is 1. The van der Waals surface area contributed by atoms with E-state index in [1.54, 1.807) is 17.0 Å². The second-order valence-electron chi connectivity index (χ2n) is 5.78. The molecule has 1 saturated heterocycles. The van der Waals surface area contributed by atoms with Gasteiger partial charge in [-0.3, -0.25) is 9.59 Å². The van der Waals surface area contributed by atoms with Gasteiger partial charge in [-0.1, -0.05) is 18.2 Å². The van der Waals surface area contributed by atoms with Crippen LogP contribution in [-0.2, 0) is 20.7 Å². The number of ether oxygens (including phenoxy) is 1. The molecule has 22 heavy (non-hydrogen) atoms. The molecule has 2 N–H and O–H groups in total. The summed E-state index contributed by atoms with van der Waals surface area (Å²) in [5, 5.41) is 0. The molecule has 3 rings (SSSR count). The highest BCUT2D eigenvalue weighted by molar-refractivity contribution is 5.96. The summed E-state index contributed by atoms with van der Waals surface area (Å²) in [4.78, 5) is 37.5. The van der Waals surface area contributed by atoms with E-state index in [0.29, 0.717) is 31.5 Å². The van der Waals surface area contributed by atoms with Gasteiger partial charge in [0.2, 0.25) is 5.91 Å². The number of hydrogen-bond acceptors (Lipinski definition) is 4. The molecule has 1 aromatic carbocycles. The summed E-state index contributed by atoms with van der Waals surface area (Å²) in [5.41, 5.74) is 6.67. The van der Waals surface area contributed by atoms with Crippen LogP contribution in [0.25, 0.3) is 0 Å². The van der Waals surface area contributed by atoms with Gasteiger partial charge in [-0.2, -0.15) is 0 Å². The molecule has 116 valence electrons. The first-order valence-corrected chi connectivity index (χ1v) is 7.43. The number of carbonyl (C=O) groups is 3. The molecule has 0 unspecified atom stereocenters. The molecule has 6 nitrogen and oxygen atoms in total. The molecule has 2 amide bonds. The number of cyclic esters (lactones) is 1. The van der Waals surface area contributed by atoms with Crippen LogP contribution >= 0.6 is 0 Å². The summed E-state index contributed by atoms with van der Waals surface area (Å²) in [5.74, 6) is -1.41. The highest BCUT2D eigenvalue weighted by Crippen LogP contribution is 2.24. The van der Waals surface area contributed by atoms with E-state index in [2.05, 4.69) is 0 Å². The van der Waals surface area contributed by atoms with Crippen LogP contribution in [0, 0.1) is 5.92 Å². The number of nitrogens with two attached hydrogens (primary N) is 1.